The molecule has 2 rings (SSSR count). The molecule has 0 N–H and O–H groups in total. The van der Waals surface area contributed by atoms with E-state index < -0.39 is 0 Å². The van der Waals surface area contributed by atoms with Crippen LogP contribution in [0.4, 0.5) is 0 Å². The summed E-state index contributed by atoms with van der Waals surface area (Å²) >= 11 is 5.73. The Morgan fingerprint density at radius 2 is 2.06 bits per heavy atom. The van der Waals surface area contributed by atoms with Gasteiger partial charge < -0.3 is 0 Å². The molecule has 1 aliphatic carbocycles. The molecule has 0 nitrogen and oxygen atoms in total. The Bertz CT molecular complexity index is 327. The SMILES string of the molecule is C=CCCc1ccccc1.ClC1C=CCCC1. The summed E-state index contributed by atoms with van der Waals surface area (Å²) in [6.45, 7) is 3.68. The van der Waals surface area contributed by atoms with Crippen LogP contribution in [-0.2, 0) is 6.42 Å². The van der Waals surface area contributed by atoms with Gasteiger partial charge in [-0.15, -0.1) is 18.2 Å². The number of alkyl halides is 1. The minimum absolute atomic E-state index is 0.328. The summed E-state index contributed by atoms with van der Waals surface area (Å²) in [7, 11) is 0. The lowest BCUT2D eigenvalue weighted by atomic mass is 10.1. The van der Waals surface area contributed by atoms with Gasteiger partial charge in [0.25, 0.3) is 0 Å². The Morgan fingerprint density at radius 3 is 2.53 bits per heavy atom. The van der Waals surface area contributed by atoms with E-state index in [9.17, 15) is 0 Å². The van der Waals surface area contributed by atoms with Gasteiger partial charge in [-0.3, -0.25) is 0 Å². The van der Waals surface area contributed by atoms with Gasteiger partial charge in [0.15, 0.2) is 0 Å². The smallest absolute Gasteiger partial charge is 0.0516 e. The van der Waals surface area contributed by atoms with Crippen molar-refractivity contribution >= 4 is 11.6 Å². The maximum atomic E-state index is 5.73. The second kappa shape index (κ2) is 9.07. The summed E-state index contributed by atoms with van der Waals surface area (Å²) in [5.74, 6) is 0. The van der Waals surface area contributed by atoms with E-state index in [1.54, 1.807) is 0 Å². The number of hydrogen-bond acceptors (Lipinski definition) is 0. The third-order valence-electron chi connectivity index (χ3n) is 2.68. The third-order valence-corrected chi connectivity index (χ3v) is 3.04. The maximum Gasteiger partial charge on any atom is 0.0516 e. The number of halogens is 1. The fourth-order valence-corrected chi connectivity index (χ4v) is 1.94. The van der Waals surface area contributed by atoms with Gasteiger partial charge in [-0.05, 0) is 37.7 Å². The average molecular weight is 249 g/mol. The van der Waals surface area contributed by atoms with Gasteiger partial charge in [-0.2, -0.15) is 0 Å². The summed E-state index contributed by atoms with van der Waals surface area (Å²) in [4.78, 5) is 0. The van der Waals surface area contributed by atoms with E-state index in [1.807, 2.05) is 12.1 Å². The summed E-state index contributed by atoms with van der Waals surface area (Å²) in [6.07, 6.45) is 12.0. The van der Waals surface area contributed by atoms with Crippen LogP contribution >= 0.6 is 11.6 Å². The molecule has 0 saturated heterocycles. The van der Waals surface area contributed by atoms with Gasteiger partial charge in [0.05, 0.1) is 5.38 Å². The fourth-order valence-electron chi connectivity index (χ4n) is 1.68. The molecule has 1 aromatic rings. The van der Waals surface area contributed by atoms with Gasteiger partial charge >= 0.3 is 0 Å². The van der Waals surface area contributed by atoms with E-state index >= 15 is 0 Å². The molecule has 1 aromatic carbocycles. The molecule has 17 heavy (non-hydrogen) atoms. The molecular formula is C16H21Cl. The van der Waals surface area contributed by atoms with Gasteiger partial charge in [0, 0.05) is 0 Å². The second-order valence-corrected chi connectivity index (χ2v) is 4.75. The number of allylic oxidation sites excluding steroid dienone is 3. The molecule has 1 aliphatic rings. The molecule has 0 aliphatic heterocycles. The summed E-state index contributed by atoms with van der Waals surface area (Å²) < 4.78 is 0. The van der Waals surface area contributed by atoms with Crippen molar-refractivity contribution in [3.8, 4) is 0 Å². The Hall–Kier alpha value is -1.01. The second-order valence-electron chi connectivity index (χ2n) is 4.19. The van der Waals surface area contributed by atoms with E-state index in [4.69, 9.17) is 11.6 Å². The zero-order valence-corrected chi connectivity index (χ0v) is 11.1. The van der Waals surface area contributed by atoms with Crippen molar-refractivity contribution in [1.82, 2.24) is 0 Å². The topological polar surface area (TPSA) is 0 Å². The lowest BCUT2D eigenvalue weighted by Gasteiger charge is -2.06. The maximum absolute atomic E-state index is 5.73. The number of aryl methyl sites for hydroxylation is 1. The highest BCUT2D eigenvalue weighted by molar-refractivity contribution is 6.21. The van der Waals surface area contributed by atoms with E-state index in [2.05, 4.69) is 43.0 Å². The van der Waals surface area contributed by atoms with Crippen LogP contribution in [0.1, 0.15) is 31.2 Å². The van der Waals surface area contributed by atoms with E-state index in [0.29, 0.717) is 5.38 Å². The van der Waals surface area contributed by atoms with Crippen LogP contribution in [0.15, 0.2) is 55.1 Å². The molecule has 92 valence electrons. The van der Waals surface area contributed by atoms with Crippen LogP contribution in [0.25, 0.3) is 0 Å². The molecule has 1 atom stereocenters. The highest BCUT2D eigenvalue weighted by Crippen LogP contribution is 2.14. The Morgan fingerprint density at radius 1 is 1.29 bits per heavy atom. The Labute approximate surface area is 110 Å². The lowest BCUT2D eigenvalue weighted by Crippen LogP contribution is -1.96. The molecule has 0 aromatic heterocycles. The Kier molecular flexibility index (Phi) is 7.49. The van der Waals surface area contributed by atoms with Crippen molar-refractivity contribution in [2.24, 2.45) is 0 Å². The molecule has 0 amide bonds. The van der Waals surface area contributed by atoms with Crippen molar-refractivity contribution in [2.45, 2.75) is 37.5 Å². The van der Waals surface area contributed by atoms with Gasteiger partial charge in [-0.1, -0.05) is 48.6 Å². The molecule has 0 spiro atoms. The quantitative estimate of drug-likeness (QED) is 0.513. The zero-order chi connectivity index (χ0) is 12.3. The van der Waals surface area contributed by atoms with Gasteiger partial charge in [0.1, 0.15) is 0 Å². The number of hydrogen-bond donors (Lipinski definition) is 0. The van der Waals surface area contributed by atoms with E-state index in [0.717, 1.165) is 19.3 Å². The number of rotatable bonds is 3. The van der Waals surface area contributed by atoms with Crippen LogP contribution in [0.2, 0.25) is 0 Å². The van der Waals surface area contributed by atoms with Crippen molar-refractivity contribution in [3.63, 3.8) is 0 Å². The van der Waals surface area contributed by atoms with E-state index in [1.165, 1.54) is 18.4 Å². The van der Waals surface area contributed by atoms with Crippen LogP contribution in [0, 0.1) is 0 Å². The molecular weight excluding hydrogens is 228 g/mol. The molecule has 0 heterocycles. The zero-order valence-electron chi connectivity index (χ0n) is 10.3. The highest BCUT2D eigenvalue weighted by Gasteiger charge is 2.01. The summed E-state index contributed by atoms with van der Waals surface area (Å²) in [5, 5.41) is 0.328. The standard InChI is InChI=1S/C10H12.C6H9Cl/c1-2-3-7-10-8-5-4-6-9-10;7-6-4-2-1-3-5-6/h2,4-6,8-9H,1,3,7H2;2,4,6H,1,3,5H2. The van der Waals surface area contributed by atoms with E-state index in [-0.39, 0.29) is 0 Å². The van der Waals surface area contributed by atoms with Crippen LogP contribution < -0.4 is 0 Å². The van der Waals surface area contributed by atoms with Crippen molar-refractivity contribution in [1.29, 1.82) is 0 Å². The molecule has 1 unspecified atom stereocenters. The monoisotopic (exact) mass is 248 g/mol. The Balaban J connectivity index is 0.000000181. The minimum Gasteiger partial charge on any atom is -0.118 e. The fraction of sp³-hybridized carbons (Fsp3) is 0.375. The van der Waals surface area contributed by atoms with Crippen LogP contribution in [-0.4, -0.2) is 5.38 Å². The minimum atomic E-state index is 0.328. The summed E-state index contributed by atoms with van der Waals surface area (Å²) in [5.41, 5.74) is 1.39. The molecule has 0 saturated carbocycles. The van der Waals surface area contributed by atoms with Crippen LogP contribution in [0.3, 0.4) is 0 Å². The first-order chi connectivity index (χ1) is 8.33. The predicted molar refractivity (Wildman–Crippen MR) is 77.6 cm³/mol. The van der Waals surface area contributed by atoms with Crippen molar-refractivity contribution in [3.05, 3.63) is 60.7 Å². The van der Waals surface area contributed by atoms with Gasteiger partial charge in [0.2, 0.25) is 0 Å². The third kappa shape index (κ3) is 7.01. The average Bonchev–Trinajstić information content (AvgIpc) is 2.39. The molecule has 0 fully saturated rings. The number of benzene rings is 1. The first-order valence-corrected chi connectivity index (χ1v) is 6.72. The van der Waals surface area contributed by atoms with Gasteiger partial charge in [-0.25, -0.2) is 0 Å². The largest absolute Gasteiger partial charge is 0.118 e. The molecule has 0 radical (unpaired) electrons. The lowest BCUT2D eigenvalue weighted by molar-refractivity contribution is 0.736. The van der Waals surface area contributed by atoms with Crippen LogP contribution in [0.5, 0.6) is 0 Å². The molecule has 1 heteroatoms. The highest BCUT2D eigenvalue weighted by atomic mass is 35.5. The predicted octanol–water partition coefficient (Wildman–Crippen LogP) is 5.14. The first kappa shape index (κ1) is 14.1. The molecule has 0 bridgehead atoms. The van der Waals surface area contributed by atoms with Crippen molar-refractivity contribution in [2.75, 3.05) is 0 Å². The van der Waals surface area contributed by atoms with Crippen molar-refractivity contribution < 1.29 is 0 Å². The first-order valence-electron chi connectivity index (χ1n) is 6.28. The summed E-state index contributed by atoms with van der Waals surface area (Å²) in [6, 6.07) is 10.5. The normalized spacial score (nSPS) is 18.1.